The van der Waals surface area contributed by atoms with E-state index in [9.17, 15) is 4.79 Å². The summed E-state index contributed by atoms with van der Waals surface area (Å²) in [5.41, 5.74) is 5.68. The van der Waals surface area contributed by atoms with Crippen molar-refractivity contribution < 1.29 is 4.74 Å². The summed E-state index contributed by atoms with van der Waals surface area (Å²) in [4.78, 5) is 25.8. The zero-order valence-corrected chi connectivity index (χ0v) is 21.8. The molecule has 0 amide bonds. The molecule has 0 spiro atoms. The molecule has 2 aromatic heterocycles. The van der Waals surface area contributed by atoms with Crippen LogP contribution < -0.4 is 15.4 Å². The number of hydrogen-bond donors (Lipinski definition) is 1. The van der Waals surface area contributed by atoms with Crippen LogP contribution >= 0.6 is 0 Å². The molecule has 1 N–H and O–H groups in total. The fraction of sp³-hybridized carbons (Fsp3) is 0.414. The fourth-order valence-electron chi connectivity index (χ4n) is 5.06. The van der Waals surface area contributed by atoms with Gasteiger partial charge in [0.15, 0.2) is 5.52 Å². The molecule has 0 saturated carbocycles. The minimum Gasteiger partial charge on any atom is -0.378 e. The van der Waals surface area contributed by atoms with E-state index in [0.717, 1.165) is 64.2 Å². The van der Waals surface area contributed by atoms with Gasteiger partial charge in [0, 0.05) is 38.9 Å². The van der Waals surface area contributed by atoms with Gasteiger partial charge >= 0.3 is 0 Å². The molecule has 3 heterocycles. The predicted octanol–water partition coefficient (Wildman–Crippen LogP) is 4.09. The van der Waals surface area contributed by atoms with Gasteiger partial charge in [0.25, 0.3) is 5.56 Å². The predicted molar refractivity (Wildman–Crippen MR) is 148 cm³/mol. The molecule has 0 unspecified atom stereocenters. The second kappa shape index (κ2) is 11.6. The van der Waals surface area contributed by atoms with Crippen molar-refractivity contribution in [1.29, 1.82) is 0 Å². The Morgan fingerprint density at radius 1 is 1.03 bits per heavy atom. The van der Waals surface area contributed by atoms with Crippen LogP contribution in [0.1, 0.15) is 36.6 Å². The van der Waals surface area contributed by atoms with Gasteiger partial charge < -0.3 is 14.5 Å². The van der Waals surface area contributed by atoms with Crippen LogP contribution in [0.25, 0.3) is 11.0 Å². The number of aromatic nitrogens is 4. The summed E-state index contributed by atoms with van der Waals surface area (Å²) < 4.78 is 7.19. The maximum atomic E-state index is 13.1. The summed E-state index contributed by atoms with van der Waals surface area (Å²) in [6.07, 6.45) is 3.66. The van der Waals surface area contributed by atoms with Crippen molar-refractivity contribution in [2.45, 2.75) is 39.2 Å². The average Bonchev–Trinajstić information content (AvgIpc) is 3.25. The number of morpholine rings is 1. The third kappa shape index (κ3) is 5.85. The molecule has 0 atom stereocenters. The van der Waals surface area contributed by atoms with Gasteiger partial charge in [-0.05, 0) is 42.5 Å². The molecule has 2 aromatic carbocycles. The van der Waals surface area contributed by atoms with Gasteiger partial charge in [-0.2, -0.15) is 5.10 Å². The van der Waals surface area contributed by atoms with Crippen LogP contribution in [0.5, 0.6) is 0 Å². The van der Waals surface area contributed by atoms with Crippen LogP contribution in [-0.4, -0.2) is 52.6 Å². The SMILES string of the molecule is CCCc1nn(C)c2c(=O)[nH]c(N(CCCc3ccccc3)Cc3cccc(N4CCOCC4)c3)nc12. The minimum absolute atomic E-state index is 0.146. The lowest BCUT2D eigenvalue weighted by molar-refractivity contribution is 0.122. The van der Waals surface area contributed by atoms with Crippen molar-refractivity contribution in [3.8, 4) is 0 Å². The van der Waals surface area contributed by atoms with E-state index >= 15 is 0 Å². The Morgan fingerprint density at radius 3 is 2.59 bits per heavy atom. The van der Waals surface area contributed by atoms with Gasteiger partial charge in [-0.15, -0.1) is 0 Å². The lowest BCUT2D eigenvalue weighted by Crippen LogP contribution is -2.36. The quantitative estimate of drug-likeness (QED) is 0.353. The second-order valence-corrected chi connectivity index (χ2v) is 9.69. The number of aromatic amines is 1. The molecule has 1 saturated heterocycles. The van der Waals surface area contributed by atoms with Crippen LogP contribution in [-0.2, 0) is 31.2 Å². The molecule has 194 valence electrons. The Labute approximate surface area is 217 Å². The van der Waals surface area contributed by atoms with Gasteiger partial charge in [0.1, 0.15) is 5.52 Å². The average molecular weight is 501 g/mol. The largest absolute Gasteiger partial charge is 0.378 e. The number of rotatable bonds is 10. The van der Waals surface area contributed by atoms with Crippen LogP contribution in [0.15, 0.2) is 59.4 Å². The molecular weight excluding hydrogens is 464 g/mol. The smallest absolute Gasteiger partial charge is 0.278 e. The first-order valence-corrected chi connectivity index (χ1v) is 13.3. The second-order valence-electron chi connectivity index (χ2n) is 9.69. The lowest BCUT2D eigenvalue weighted by atomic mass is 10.1. The Morgan fingerprint density at radius 2 is 1.81 bits per heavy atom. The van der Waals surface area contributed by atoms with Crippen molar-refractivity contribution >= 4 is 22.7 Å². The summed E-state index contributed by atoms with van der Waals surface area (Å²) in [6.45, 7) is 6.86. The minimum atomic E-state index is -0.146. The number of anilines is 2. The summed E-state index contributed by atoms with van der Waals surface area (Å²) in [7, 11) is 1.81. The summed E-state index contributed by atoms with van der Waals surface area (Å²) >= 11 is 0. The Balaban J connectivity index is 1.45. The summed E-state index contributed by atoms with van der Waals surface area (Å²) in [5.74, 6) is 0.604. The van der Waals surface area contributed by atoms with E-state index in [-0.39, 0.29) is 5.56 Å². The number of ether oxygens (including phenoxy) is 1. The van der Waals surface area contributed by atoms with E-state index in [1.807, 2.05) is 13.1 Å². The van der Waals surface area contributed by atoms with Crippen molar-refractivity contribution in [2.75, 3.05) is 42.6 Å². The van der Waals surface area contributed by atoms with E-state index in [1.54, 1.807) is 4.68 Å². The van der Waals surface area contributed by atoms with Gasteiger partial charge in [0.05, 0.1) is 18.9 Å². The van der Waals surface area contributed by atoms with Crippen molar-refractivity contribution in [1.82, 2.24) is 19.7 Å². The standard InChI is InChI=1S/C29H36N6O2/c1-3-9-25-26-27(33(2)32-25)28(36)31-29(30-26)35(15-8-13-22-10-5-4-6-11-22)21-23-12-7-14-24(20-23)34-16-18-37-19-17-34/h4-7,10-12,14,20H,3,8-9,13,15-19,21H2,1-2H3,(H,30,31,36). The number of nitrogens with one attached hydrogen (secondary N) is 1. The first kappa shape index (κ1) is 25.0. The van der Waals surface area contributed by atoms with Gasteiger partial charge in [-0.3, -0.25) is 14.5 Å². The Kier molecular flexibility index (Phi) is 7.84. The molecule has 37 heavy (non-hydrogen) atoms. The molecule has 8 heteroatoms. The number of fused-ring (bicyclic) bond motifs is 1. The molecule has 1 fully saturated rings. The molecule has 0 radical (unpaired) electrons. The topological polar surface area (TPSA) is 79.3 Å². The highest BCUT2D eigenvalue weighted by Gasteiger charge is 2.19. The number of H-pyrrole nitrogens is 1. The van der Waals surface area contributed by atoms with Crippen molar-refractivity contribution in [3.63, 3.8) is 0 Å². The van der Waals surface area contributed by atoms with E-state index in [4.69, 9.17) is 9.72 Å². The Hall–Kier alpha value is -3.65. The van der Waals surface area contributed by atoms with E-state index in [1.165, 1.54) is 16.8 Å². The number of benzene rings is 2. The van der Waals surface area contributed by atoms with Gasteiger partial charge in [-0.1, -0.05) is 55.8 Å². The van der Waals surface area contributed by atoms with Gasteiger partial charge in [0.2, 0.25) is 5.95 Å². The third-order valence-corrected chi connectivity index (χ3v) is 6.93. The highest BCUT2D eigenvalue weighted by Crippen LogP contribution is 2.22. The van der Waals surface area contributed by atoms with Crippen LogP contribution in [0.3, 0.4) is 0 Å². The first-order valence-electron chi connectivity index (χ1n) is 13.3. The zero-order valence-electron chi connectivity index (χ0n) is 21.8. The molecule has 5 rings (SSSR count). The fourth-order valence-corrected chi connectivity index (χ4v) is 5.06. The molecule has 0 bridgehead atoms. The molecule has 8 nitrogen and oxygen atoms in total. The molecule has 4 aromatic rings. The Bertz CT molecular complexity index is 1370. The lowest BCUT2D eigenvalue weighted by Gasteiger charge is -2.29. The van der Waals surface area contributed by atoms with Crippen molar-refractivity contribution in [2.24, 2.45) is 7.05 Å². The third-order valence-electron chi connectivity index (χ3n) is 6.93. The highest BCUT2D eigenvalue weighted by atomic mass is 16.5. The molecule has 0 aliphatic carbocycles. The van der Waals surface area contributed by atoms with Crippen LogP contribution in [0, 0.1) is 0 Å². The normalized spacial score (nSPS) is 13.8. The van der Waals surface area contributed by atoms with E-state index in [2.05, 4.69) is 75.3 Å². The molecule has 1 aliphatic heterocycles. The zero-order chi connectivity index (χ0) is 25.6. The number of nitrogens with zero attached hydrogens (tertiary/aromatic N) is 5. The molecule has 1 aliphatic rings. The van der Waals surface area contributed by atoms with Crippen molar-refractivity contribution in [3.05, 3.63) is 81.8 Å². The van der Waals surface area contributed by atoms with E-state index < -0.39 is 0 Å². The van der Waals surface area contributed by atoms with Gasteiger partial charge in [-0.25, -0.2) is 4.98 Å². The monoisotopic (exact) mass is 500 g/mol. The highest BCUT2D eigenvalue weighted by molar-refractivity contribution is 5.77. The maximum absolute atomic E-state index is 13.1. The van der Waals surface area contributed by atoms with Crippen LogP contribution in [0.4, 0.5) is 11.6 Å². The number of hydrogen-bond acceptors (Lipinski definition) is 6. The molecular formula is C29H36N6O2. The number of aryl methyl sites for hydroxylation is 3. The maximum Gasteiger partial charge on any atom is 0.278 e. The van der Waals surface area contributed by atoms with Crippen LogP contribution in [0.2, 0.25) is 0 Å². The summed E-state index contributed by atoms with van der Waals surface area (Å²) in [5, 5.41) is 4.59. The van der Waals surface area contributed by atoms with E-state index in [0.29, 0.717) is 23.5 Å². The first-order chi connectivity index (χ1) is 18.1. The summed E-state index contributed by atoms with van der Waals surface area (Å²) in [6, 6.07) is 19.2.